The Balaban J connectivity index is 2.25. The highest BCUT2D eigenvalue weighted by atomic mass is 19.1. The number of amides is 2. The standard InChI is InChI=1S/C11H11FN2O3/c12-8-3-1-2-7(4-8)9-5-13-11(17)14(9)6-10(15)16/h1-4,9H,5-6H2,(H,13,17)(H,15,16). The predicted molar refractivity (Wildman–Crippen MR) is 56.9 cm³/mol. The van der Waals surface area contributed by atoms with Crippen LogP contribution in [0, 0.1) is 5.82 Å². The highest BCUT2D eigenvalue weighted by molar-refractivity contribution is 5.82. The lowest BCUT2D eigenvalue weighted by Crippen LogP contribution is -2.34. The van der Waals surface area contributed by atoms with Crippen LogP contribution in [-0.2, 0) is 4.79 Å². The zero-order valence-electron chi connectivity index (χ0n) is 8.89. The fourth-order valence-corrected chi connectivity index (χ4v) is 1.88. The summed E-state index contributed by atoms with van der Waals surface area (Å²) in [5.74, 6) is -1.50. The summed E-state index contributed by atoms with van der Waals surface area (Å²) in [5, 5.41) is 11.3. The van der Waals surface area contributed by atoms with Crippen LogP contribution in [0.25, 0.3) is 0 Å². The molecule has 1 fully saturated rings. The number of aliphatic carboxylic acids is 1. The van der Waals surface area contributed by atoms with Crippen molar-refractivity contribution in [1.82, 2.24) is 10.2 Å². The molecule has 1 aliphatic rings. The molecule has 0 saturated carbocycles. The third kappa shape index (κ3) is 2.35. The topological polar surface area (TPSA) is 69.6 Å². The van der Waals surface area contributed by atoms with Gasteiger partial charge >= 0.3 is 12.0 Å². The molecule has 1 unspecified atom stereocenters. The number of nitrogens with zero attached hydrogens (tertiary/aromatic N) is 1. The second-order valence-corrected chi connectivity index (χ2v) is 3.78. The minimum absolute atomic E-state index is 0.287. The summed E-state index contributed by atoms with van der Waals surface area (Å²) in [6, 6.07) is 4.93. The summed E-state index contributed by atoms with van der Waals surface area (Å²) in [7, 11) is 0. The van der Waals surface area contributed by atoms with Gasteiger partial charge in [0.2, 0.25) is 0 Å². The van der Waals surface area contributed by atoms with Gasteiger partial charge in [0.25, 0.3) is 0 Å². The number of rotatable bonds is 3. The third-order valence-corrected chi connectivity index (χ3v) is 2.62. The lowest BCUT2D eigenvalue weighted by Gasteiger charge is -2.21. The molecule has 5 nitrogen and oxygen atoms in total. The molecule has 17 heavy (non-hydrogen) atoms. The van der Waals surface area contributed by atoms with Crippen LogP contribution in [0.3, 0.4) is 0 Å². The first kappa shape index (κ1) is 11.4. The molecule has 0 bridgehead atoms. The van der Waals surface area contributed by atoms with Crippen LogP contribution < -0.4 is 5.32 Å². The van der Waals surface area contributed by atoms with Gasteiger partial charge in [-0.25, -0.2) is 9.18 Å². The molecule has 0 radical (unpaired) electrons. The Kier molecular flexibility index (Phi) is 2.95. The van der Waals surface area contributed by atoms with Gasteiger partial charge in [-0.2, -0.15) is 0 Å². The molecule has 0 spiro atoms. The van der Waals surface area contributed by atoms with E-state index in [9.17, 15) is 14.0 Å². The van der Waals surface area contributed by atoms with E-state index in [-0.39, 0.29) is 6.54 Å². The van der Waals surface area contributed by atoms with Gasteiger partial charge in [-0.1, -0.05) is 12.1 Å². The van der Waals surface area contributed by atoms with Crippen molar-refractivity contribution in [3.63, 3.8) is 0 Å². The number of nitrogens with one attached hydrogen (secondary N) is 1. The number of carboxylic acid groups (broad SMARTS) is 1. The van der Waals surface area contributed by atoms with Gasteiger partial charge in [0.15, 0.2) is 0 Å². The normalized spacial score (nSPS) is 19.2. The number of halogens is 1. The van der Waals surface area contributed by atoms with Crippen molar-refractivity contribution in [3.05, 3.63) is 35.6 Å². The van der Waals surface area contributed by atoms with Gasteiger partial charge in [-0.3, -0.25) is 4.79 Å². The number of carbonyl (C=O) groups excluding carboxylic acids is 1. The van der Waals surface area contributed by atoms with Crippen molar-refractivity contribution in [1.29, 1.82) is 0 Å². The van der Waals surface area contributed by atoms with Crippen molar-refractivity contribution < 1.29 is 19.1 Å². The van der Waals surface area contributed by atoms with Crippen molar-refractivity contribution in [2.75, 3.05) is 13.1 Å². The maximum Gasteiger partial charge on any atom is 0.323 e. The van der Waals surface area contributed by atoms with E-state index in [1.165, 1.54) is 23.1 Å². The first-order valence-corrected chi connectivity index (χ1v) is 5.09. The second kappa shape index (κ2) is 4.40. The third-order valence-electron chi connectivity index (χ3n) is 2.62. The van der Waals surface area contributed by atoms with Gasteiger partial charge < -0.3 is 15.3 Å². The zero-order chi connectivity index (χ0) is 12.4. The number of hydrogen-bond donors (Lipinski definition) is 2. The summed E-state index contributed by atoms with van der Waals surface area (Å²) in [5.41, 5.74) is 0.588. The van der Waals surface area contributed by atoms with Crippen molar-refractivity contribution in [2.24, 2.45) is 0 Å². The fourth-order valence-electron chi connectivity index (χ4n) is 1.88. The summed E-state index contributed by atoms with van der Waals surface area (Å²) in [6.07, 6.45) is 0. The summed E-state index contributed by atoms with van der Waals surface area (Å²) >= 11 is 0. The molecule has 1 saturated heterocycles. The van der Waals surface area contributed by atoms with Crippen LogP contribution in [0.2, 0.25) is 0 Å². The Labute approximate surface area is 96.8 Å². The lowest BCUT2D eigenvalue weighted by molar-refractivity contribution is -0.137. The minimum Gasteiger partial charge on any atom is -0.480 e. The molecule has 2 rings (SSSR count). The van der Waals surface area contributed by atoms with E-state index in [1.807, 2.05) is 0 Å². The maximum atomic E-state index is 13.1. The van der Waals surface area contributed by atoms with Gasteiger partial charge in [0.05, 0.1) is 6.04 Å². The van der Waals surface area contributed by atoms with E-state index in [2.05, 4.69) is 5.32 Å². The van der Waals surface area contributed by atoms with Crippen LogP contribution in [0.15, 0.2) is 24.3 Å². The van der Waals surface area contributed by atoms with Crippen molar-refractivity contribution >= 4 is 12.0 Å². The molecular weight excluding hydrogens is 227 g/mol. The minimum atomic E-state index is -1.09. The molecule has 1 aliphatic heterocycles. The van der Waals surface area contributed by atoms with E-state index in [0.29, 0.717) is 5.56 Å². The average Bonchev–Trinajstić information content (AvgIpc) is 2.60. The average molecular weight is 238 g/mol. The molecule has 2 N–H and O–H groups in total. The van der Waals surface area contributed by atoms with Crippen LogP contribution in [0.4, 0.5) is 9.18 Å². The van der Waals surface area contributed by atoms with Crippen LogP contribution in [-0.4, -0.2) is 35.1 Å². The number of carbonyl (C=O) groups is 2. The monoisotopic (exact) mass is 238 g/mol. The SMILES string of the molecule is O=C(O)CN1C(=O)NCC1c1cccc(F)c1. The fraction of sp³-hybridized carbons (Fsp3) is 0.273. The molecule has 1 atom stereocenters. The van der Waals surface area contributed by atoms with Gasteiger partial charge in [-0.15, -0.1) is 0 Å². The summed E-state index contributed by atoms with van der Waals surface area (Å²) < 4.78 is 13.1. The second-order valence-electron chi connectivity index (χ2n) is 3.78. The largest absolute Gasteiger partial charge is 0.480 e. The highest BCUT2D eigenvalue weighted by Crippen LogP contribution is 2.24. The number of urea groups is 1. The van der Waals surface area contributed by atoms with E-state index >= 15 is 0 Å². The molecule has 1 aromatic rings. The van der Waals surface area contributed by atoms with E-state index in [4.69, 9.17) is 5.11 Å². The van der Waals surface area contributed by atoms with Gasteiger partial charge in [-0.05, 0) is 17.7 Å². The first-order chi connectivity index (χ1) is 8.08. The van der Waals surface area contributed by atoms with Crippen molar-refractivity contribution in [3.8, 4) is 0 Å². The Bertz CT molecular complexity index is 464. The predicted octanol–water partition coefficient (Wildman–Crippen LogP) is 0.977. The Morgan fingerprint density at radius 1 is 1.59 bits per heavy atom. The zero-order valence-corrected chi connectivity index (χ0v) is 8.89. The lowest BCUT2D eigenvalue weighted by atomic mass is 10.1. The molecule has 1 aromatic carbocycles. The first-order valence-electron chi connectivity index (χ1n) is 5.09. The molecule has 2 amide bonds. The molecule has 0 aliphatic carbocycles. The number of carboxylic acids is 1. The van der Waals surface area contributed by atoms with Crippen molar-refractivity contribution in [2.45, 2.75) is 6.04 Å². The number of hydrogen-bond acceptors (Lipinski definition) is 2. The van der Waals surface area contributed by atoms with Gasteiger partial charge in [0.1, 0.15) is 12.4 Å². The van der Waals surface area contributed by atoms with E-state index in [0.717, 1.165) is 0 Å². The van der Waals surface area contributed by atoms with Crippen LogP contribution >= 0.6 is 0 Å². The molecule has 6 heteroatoms. The Morgan fingerprint density at radius 2 is 2.35 bits per heavy atom. The van der Waals surface area contributed by atoms with Gasteiger partial charge in [0, 0.05) is 6.54 Å². The smallest absolute Gasteiger partial charge is 0.323 e. The summed E-state index contributed by atoms with van der Waals surface area (Å²) in [4.78, 5) is 23.3. The van der Waals surface area contributed by atoms with E-state index < -0.39 is 30.4 Å². The Hall–Kier alpha value is -2.11. The Morgan fingerprint density at radius 3 is 3.00 bits per heavy atom. The molecule has 1 heterocycles. The number of benzene rings is 1. The van der Waals surface area contributed by atoms with Crippen LogP contribution in [0.5, 0.6) is 0 Å². The molecule has 0 aromatic heterocycles. The van der Waals surface area contributed by atoms with E-state index in [1.54, 1.807) is 6.07 Å². The van der Waals surface area contributed by atoms with Crippen LogP contribution in [0.1, 0.15) is 11.6 Å². The summed E-state index contributed by atoms with van der Waals surface area (Å²) in [6.45, 7) is -0.109. The molecular formula is C11H11FN2O3. The quantitative estimate of drug-likeness (QED) is 0.824. The highest BCUT2D eigenvalue weighted by Gasteiger charge is 2.33. The maximum absolute atomic E-state index is 13.1. The molecule has 90 valence electrons.